The van der Waals surface area contributed by atoms with Crippen LogP contribution in [0.1, 0.15) is 39.1 Å². The number of nitrogens with zero attached hydrogens (tertiary/aromatic N) is 2. The number of hydrogen-bond donors (Lipinski definition) is 2. The molecule has 0 saturated heterocycles. The van der Waals surface area contributed by atoms with Crippen LogP contribution in [0.15, 0.2) is 42.6 Å². The molecule has 0 radical (unpaired) electrons. The largest absolute Gasteiger partial charge is 0.493 e. The molecule has 3 rings (SSSR count). The van der Waals surface area contributed by atoms with E-state index in [0.717, 1.165) is 6.42 Å². The van der Waals surface area contributed by atoms with Gasteiger partial charge in [-0.15, -0.1) is 11.3 Å². The van der Waals surface area contributed by atoms with Crippen molar-refractivity contribution < 1.29 is 19.1 Å². The van der Waals surface area contributed by atoms with E-state index in [1.165, 1.54) is 18.4 Å². The first-order valence-corrected chi connectivity index (χ1v) is 10.2. The SMILES string of the molecule is CCCOc1ccc(C(=O)NNC(=O)c2sc(-c3ccccn3)nc2C)cc1OC. The zero-order chi connectivity index (χ0) is 21.5. The third-order valence-corrected chi connectivity index (χ3v) is 5.24. The number of methoxy groups -OCH3 is 1. The van der Waals surface area contributed by atoms with Crippen molar-refractivity contribution in [3.63, 3.8) is 0 Å². The van der Waals surface area contributed by atoms with Crippen molar-refractivity contribution in [1.82, 2.24) is 20.8 Å². The summed E-state index contributed by atoms with van der Waals surface area (Å²) >= 11 is 1.21. The summed E-state index contributed by atoms with van der Waals surface area (Å²) in [6.45, 7) is 4.29. The summed E-state index contributed by atoms with van der Waals surface area (Å²) < 4.78 is 10.9. The van der Waals surface area contributed by atoms with E-state index < -0.39 is 11.8 Å². The molecule has 2 aromatic heterocycles. The average molecular weight is 426 g/mol. The lowest BCUT2D eigenvalue weighted by molar-refractivity contribution is 0.0848. The highest BCUT2D eigenvalue weighted by Gasteiger charge is 2.18. The Morgan fingerprint density at radius 1 is 1.10 bits per heavy atom. The maximum absolute atomic E-state index is 12.5. The lowest BCUT2D eigenvalue weighted by Crippen LogP contribution is -2.41. The van der Waals surface area contributed by atoms with Gasteiger partial charge >= 0.3 is 0 Å². The molecule has 156 valence electrons. The van der Waals surface area contributed by atoms with Crippen LogP contribution < -0.4 is 20.3 Å². The highest BCUT2D eigenvalue weighted by atomic mass is 32.1. The molecule has 0 aliphatic heterocycles. The molecule has 0 unspecified atom stereocenters. The topological polar surface area (TPSA) is 102 Å². The Kier molecular flexibility index (Phi) is 6.97. The molecule has 0 atom stereocenters. The van der Waals surface area contributed by atoms with Gasteiger partial charge in [0.15, 0.2) is 11.5 Å². The van der Waals surface area contributed by atoms with Crippen LogP contribution in [0.3, 0.4) is 0 Å². The summed E-state index contributed by atoms with van der Waals surface area (Å²) in [5.74, 6) is 0.0780. The third-order valence-electron chi connectivity index (χ3n) is 4.06. The summed E-state index contributed by atoms with van der Waals surface area (Å²) in [7, 11) is 1.50. The van der Waals surface area contributed by atoms with Crippen LogP contribution in [0.5, 0.6) is 11.5 Å². The Labute approximate surface area is 178 Å². The highest BCUT2D eigenvalue weighted by molar-refractivity contribution is 7.17. The molecule has 2 heterocycles. The summed E-state index contributed by atoms with van der Waals surface area (Å²) in [5, 5.41) is 0.636. The van der Waals surface area contributed by atoms with E-state index in [-0.39, 0.29) is 0 Å². The maximum atomic E-state index is 12.5. The molecule has 0 bridgehead atoms. The van der Waals surface area contributed by atoms with Crippen LogP contribution in [0, 0.1) is 6.92 Å². The van der Waals surface area contributed by atoms with Gasteiger partial charge in [0.05, 0.1) is 25.1 Å². The predicted molar refractivity (Wildman–Crippen MR) is 114 cm³/mol. The van der Waals surface area contributed by atoms with Gasteiger partial charge in [0.25, 0.3) is 11.8 Å². The quantitative estimate of drug-likeness (QED) is 0.562. The third kappa shape index (κ3) is 4.93. The van der Waals surface area contributed by atoms with Crippen LogP contribution in [-0.4, -0.2) is 35.5 Å². The first-order valence-electron chi connectivity index (χ1n) is 9.33. The minimum Gasteiger partial charge on any atom is -0.493 e. The van der Waals surface area contributed by atoms with E-state index in [1.807, 2.05) is 25.1 Å². The minimum atomic E-state index is -0.476. The molecule has 8 nitrogen and oxygen atoms in total. The molecule has 0 aliphatic carbocycles. The number of ether oxygens (including phenoxy) is 2. The van der Waals surface area contributed by atoms with Gasteiger partial charge < -0.3 is 9.47 Å². The molecule has 3 aromatic rings. The van der Waals surface area contributed by atoms with Crippen molar-refractivity contribution >= 4 is 23.2 Å². The van der Waals surface area contributed by atoms with Crippen LogP contribution in [-0.2, 0) is 0 Å². The van der Waals surface area contributed by atoms with Crippen molar-refractivity contribution in [1.29, 1.82) is 0 Å². The summed E-state index contributed by atoms with van der Waals surface area (Å²) in [4.78, 5) is 34.0. The number of aromatic nitrogens is 2. The van der Waals surface area contributed by atoms with Gasteiger partial charge in [0.2, 0.25) is 0 Å². The zero-order valence-electron chi connectivity index (χ0n) is 16.9. The second-order valence-corrected chi connectivity index (χ2v) is 7.27. The Morgan fingerprint density at radius 3 is 2.60 bits per heavy atom. The summed E-state index contributed by atoms with van der Waals surface area (Å²) in [6, 6.07) is 10.3. The van der Waals surface area contributed by atoms with Gasteiger partial charge in [-0.25, -0.2) is 4.98 Å². The number of nitrogens with one attached hydrogen (secondary N) is 2. The number of aryl methyl sites for hydroxylation is 1. The van der Waals surface area contributed by atoms with Gasteiger partial charge in [0.1, 0.15) is 9.88 Å². The molecule has 9 heteroatoms. The van der Waals surface area contributed by atoms with E-state index in [9.17, 15) is 9.59 Å². The fraction of sp³-hybridized carbons (Fsp3) is 0.238. The highest BCUT2D eigenvalue weighted by Crippen LogP contribution is 2.28. The van der Waals surface area contributed by atoms with Gasteiger partial charge in [-0.2, -0.15) is 0 Å². The number of carbonyl (C=O) groups is 2. The number of thiazole rings is 1. The second-order valence-electron chi connectivity index (χ2n) is 6.27. The molecule has 0 aliphatic rings. The molecular formula is C21H22N4O4S. The monoisotopic (exact) mass is 426 g/mol. The second kappa shape index (κ2) is 9.84. The van der Waals surface area contributed by atoms with Gasteiger partial charge in [-0.3, -0.25) is 25.4 Å². The van der Waals surface area contributed by atoms with Gasteiger partial charge in [-0.1, -0.05) is 13.0 Å². The van der Waals surface area contributed by atoms with E-state index in [0.29, 0.717) is 44.9 Å². The van der Waals surface area contributed by atoms with E-state index in [1.54, 1.807) is 31.3 Å². The fourth-order valence-corrected chi connectivity index (χ4v) is 3.53. The van der Waals surface area contributed by atoms with Gasteiger partial charge in [-0.05, 0) is 43.7 Å². The number of amides is 2. The lowest BCUT2D eigenvalue weighted by Gasteiger charge is -2.12. The Balaban J connectivity index is 1.66. The predicted octanol–water partition coefficient (Wildman–Crippen LogP) is 3.39. The van der Waals surface area contributed by atoms with Crippen molar-refractivity contribution in [3.05, 3.63) is 58.7 Å². The Hall–Kier alpha value is -3.46. The molecule has 0 spiro atoms. The van der Waals surface area contributed by atoms with Crippen molar-refractivity contribution in [2.24, 2.45) is 0 Å². The first-order chi connectivity index (χ1) is 14.5. The molecule has 30 heavy (non-hydrogen) atoms. The van der Waals surface area contributed by atoms with E-state index >= 15 is 0 Å². The molecule has 2 amide bonds. The normalized spacial score (nSPS) is 10.4. The molecule has 2 N–H and O–H groups in total. The van der Waals surface area contributed by atoms with E-state index in [4.69, 9.17) is 9.47 Å². The zero-order valence-corrected chi connectivity index (χ0v) is 17.7. The fourth-order valence-electron chi connectivity index (χ4n) is 2.59. The first kappa shape index (κ1) is 21.3. The number of hydrogen-bond acceptors (Lipinski definition) is 7. The van der Waals surface area contributed by atoms with Crippen molar-refractivity contribution in [2.45, 2.75) is 20.3 Å². The summed E-state index contributed by atoms with van der Waals surface area (Å²) in [5.41, 5.74) is 6.42. The standard InChI is InChI=1S/C21H22N4O4S/c1-4-11-29-16-9-8-14(12-17(16)28-3)19(26)24-25-20(27)18-13(2)23-21(30-18)15-7-5-6-10-22-15/h5-10,12H,4,11H2,1-3H3,(H,24,26)(H,25,27). The Bertz CT molecular complexity index is 1040. The van der Waals surface area contributed by atoms with Crippen LogP contribution in [0.2, 0.25) is 0 Å². The smallest absolute Gasteiger partial charge is 0.281 e. The number of carbonyl (C=O) groups excluding carboxylic acids is 2. The van der Waals surface area contributed by atoms with Crippen LogP contribution in [0.4, 0.5) is 0 Å². The number of hydrazine groups is 1. The molecule has 1 aromatic carbocycles. The maximum Gasteiger partial charge on any atom is 0.281 e. The van der Waals surface area contributed by atoms with Crippen LogP contribution in [0.25, 0.3) is 10.7 Å². The molecular weight excluding hydrogens is 404 g/mol. The molecule has 0 saturated carbocycles. The van der Waals surface area contributed by atoms with E-state index in [2.05, 4.69) is 20.8 Å². The average Bonchev–Trinajstić information content (AvgIpc) is 3.18. The number of benzene rings is 1. The number of pyridine rings is 1. The minimum absolute atomic E-state index is 0.325. The molecule has 0 fully saturated rings. The summed E-state index contributed by atoms with van der Waals surface area (Å²) in [6.07, 6.45) is 2.52. The lowest BCUT2D eigenvalue weighted by atomic mass is 10.2. The van der Waals surface area contributed by atoms with Gasteiger partial charge in [0, 0.05) is 11.8 Å². The van der Waals surface area contributed by atoms with Crippen molar-refractivity contribution in [3.8, 4) is 22.2 Å². The van der Waals surface area contributed by atoms with Crippen LogP contribution >= 0.6 is 11.3 Å². The van der Waals surface area contributed by atoms with Crippen molar-refractivity contribution in [2.75, 3.05) is 13.7 Å². The Morgan fingerprint density at radius 2 is 1.90 bits per heavy atom. The number of rotatable bonds is 7.